The first-order valence-electron chi connectivity index (χ1n) is 7.01. The molecule has 0 spiro atoms. The number of pyridine rings is 2. The van der Waals surface area contributed by atoms with Gasteiger partial charge in [0.05, 0.1) is 0 Å². The summed E-state index contributed by atoms with van der Waals surface area (Å²) in [5.74, 6) is 0. The van der Waals surface area contributed by atoms with Crippen molar-refractivity contribution >= 4 is 34.7 Å². The highest BCUT2D eigenvalue weighted by Crippen LogP contribution is 2.07. The zero-order chi connectivity index (χ0) is 16.8. The van der Waals surface area contributed by atoms with Crippen LogP contribution in [0.5, 0.6) is 0 Å². The molecule has 0 saturated carbocycles. The van der Waals surface area contributed by atoms with Gasteiger partial charge >= 0.3 is 0 Å². The fraction of sp³-hybridized carbons (Fsp3) is 0. The second-order valence-electron chi connectivity index (χ2n) is 4.66. The maximum Gasteiger partial charge on any atom is 0.178 e. The number of hydrogen-bond donors (Lipinski definition) is 0. The molecule has 24 heavy (non-hydrogen) atoms. The van der Waals surface area contributed by atoms with Gasteiger partial charge in [-0.05, 0) is 17.7 Å². The van der Waals surface area contributed by atoms with E-state index in [4.69, 9.17) is 0 Å². The summed E-state index contributed by atoms with van der Waals surface area (Å²) in [6.07, 6.45) is 12.1. The SMILES string of the molecule is C=Cc1cnc2nccnc2c1.O=Cc1cnc2nccnc2c1. The monoisotopic (exact) mass is 316 g/mol. The van der Waals surface area contributed by atoms with Crippen molar-refractivity contribution in [3.63, 3.8) is 0 Å². The van der Waals surface area contributed by atoms with E-state index in [1.54, 1.807) is 43.1 Å². The van der Waals surface area contributed by atoms with E-state index in [1.807, 2.05) is 6.07 Å². The quantitative estimate of drug-likeness (QED) is 0.524. The molecule has 0 aliphatic carbocycles. The smallest absolute Gasteiger partial charge is 0.178 e. The van der Waals surface area contributed by atoms with Crippen LogP contribution in [0.1, 0.15) is 15.9 Å². The fourth-order valence-corrected chi connectivity index (χ4v) is 1.92. The largest absolute Gasteiger partial charge is 0.298 e. The third-order valence-electron chi connectivity index (χ3n) is 3.06. The zero-order valence-corrected chi connectivity index (χ0v) is 12.6. The number of carbonyl (C=O) groups excluding carboxylic acids is 1. The molecule has 4 aromatic heterocycles. The van der Waals surface area contributed by atoms with Gasteiger partial charge in [0.1, 0.15) is 11.0 Å². The topological polar surface area (TPSA) is 94.4 Å². The third-order valence-corrected chi connectivity index (χ3v) is 3.06. The van der Waals surface area contributed by atoms with Gasteiger partial charge < -0.3 is 0 Å². The van der Waals surface area contributed by atoms with Crippen molar-refractivity contribution in [3.05, 3.63) is 67.0 Å². The first-order valence-corrected chi connectivity index (χ1v) is 7.01. The maximum atomic E-state index is 10.4. The number of carbonyl (C=O) groups is 1. The zero-order valence-electron chi connectivity index (χ0n) is 12.6. The van der Waals surface area contributed by atoms with Gasteiger partial charge in [0, 0.05) is 42.7 Å². The molecular formula is C17H12N6O. The Balaban J connectivity index is 0.000000141. The van der Waals surface area contributed by atoms with E-state index < -0.39 is 0 Å². The highest BCUT2D eigenvalue weighted by atomic mass is 16.1. The highest BCUT2D eigenvalue weighted by Gasteiger charge is 1.97. The molecule has 7 heteroatoms. The number of nitrogens with zero attached hydrogens (tertiary/aromatic N) is 6. The van der Waals surface area contributed by atoms with Crippen LogP contribution in [0, 0.1) is 0 Å². The Labute approximate surface area is 137 Å². The standard InChI is InChI=1S/C9H7N3.C8H5N3O/c1-2-7-5-8-9(12-6-7)11-4-3-10-8;12-5-6-3-7-8(11-4-6)10-2-1-9-7/h2-6H,1H2;1-5H. The van der Waals surface area contributed by atoms with Crippen LogP contribution < -0.4 is 0 Å². The Bertz CT molecular complexity index is 934. The van der Waals surface area contributed by atoms with Gasteiger partial charge in [-0.3, -0.25) is 14.8 Å². The average Bonchev–Trinajstić information content (AvgIpc) is 2.67. The molecule has 0 aliphatic rings. The molecule has 0 N–H and O–H groups in total. The summed E-state index contributed by atoms with van der Waals surface area (Å²) >= 11 is 0. The van der Waals surface area contributed by atoms with Crippen LogP contribution in [0.25, 0.3) is 28.4 Å². The van der Waals surface area contributed by atoms with Crippen LogP contribution in [0.4, 0.5) is 0 Å². The van der Waals surface area contributed by atoms with Crippen molar-refractivity contribution in [2.24, 2.45) is 0 Å². The number of aldehydes is 1. The molecule has 116 valence electrons. The molecule has 7 nitrogen and oxygen atoms in total. The lowest BCUT2D eigenvalue weighted by Gasteiger charge is -1.94. The van der Waals surface area contributed by atoms with Gasteiger partial charge in [0.2, 0.25) is 0 Å². The van der Waals surface area contributed by atoms with E-state index in [2.05, 4.69) is 36.5 Å². The number of rotatable bonds is 2. The van der Waals surface area contributed by atoms with Crippen molar-refractivity contribution in [3.8, 4) is 0 Å². The Morgan fingerprint density at radius 3 is 1.75 bits per heavy atom. The molecule has 0 fully saturated rings. The summed E-state index contributed by atoms with van der Waals surface area (Å²) in [6, 6.07) is 3.56. The van der Waals surface area contributed by atoms with Crippen molar-refractivity contribution < 1.29 is 4.79 Å². The molecule has 0 saturated heterocycles. The van der Waals surface area contributed by atoms with Crippen LogP contribution in [-0.4, -0.2) is 36.2 Å². The minimum absolute atomic E-state index is 0.517. The molecule has 4 rings (SSSR count). The summed E-state index contributed by atoms with van der Waals surface area (Å²) in [5.41, 5.74) is 4.15. The maximum absolute atomic E-state index is 10.4. The lowest BCUT2D eigenvalue weighted by Crippen LogP contribution is -1.88. The molecule has 0 unspecified atom stereocenters. The van der Waals surface area contributed by atoms with Gasteiger partial charge in [-0.25, -0.2) is 19.9 Å². The van der Waals surface area contributed by atoms with Crippen LogP contribution in [-0.2, 0) is 0 Å². The first kappa shape index (κ1) is 15.3. The Kier molecular flexibility index (Phi) is 4.52. The minimum Gasteiger partial charge on any atom is -0.298 e. The Morgan fingerprint density at radius 2 is 1.21 bits per heavy atom. The van der Waals surface area contributed by atoms with Gasteiger partial charge in [-0.2, -0.15) is 0 Å². The average molecular weight is 316 g/mol. The van der Waals surface area contributed by atoms with Crippen molar-refractivity contribution in [2.75, 3.05) is 0 Å². The number of fused-ring (bicyclic) bond motifs is 2. The van der Waals surface area contributed by atoms with Crippen molar-refractivity contribution in [2.45, 2.75) is 0 Å². The number of aromatic nitrogens is 6. The minimum atomic E-state index is 0.517. The molecule has 4 aromatic rings. The number of hydrogen-bond acceptors (Lipinski definition) is 7. The first-order chi connectivity index (χ1) is 11.8. The van der Waals surface area contributed by atoms with E-state index in [-0.39, 0.29) is 0 Å². The summed E-state index contributed by atoms with van der Waals surface area (Å²) in [6.45, 7) is 3.65. The van der Waals surface area contributed by atoms with E-state index in [1.165, 1.54) is 6.20 Å². The lowest BCUT2D eigenvalue weighted by atomic mass is 10.3. The summed E-state index contributed by atoms with van der Waals surface area (Å²) in [7, 11) is 0. The Hall–Kier alpha value is -3.61. The predicted octanol–water partition coefficient (Wildman–Crippen LogP) is 2.51. The molecule has 0 radical (unpaired) electrons. The van der Waals surface area contributed by atoms with Gasteiger partial charge in [-0.1, -0.05) is 12.7 Å². The highest BCUT2D eigenvalue weighted by molar-refractivity contribution is 5.81. The van der Waals surface area contributed by atoms with Gasteiger partial charge in [0.15, 0.2) is 17.6 Å². The Morgan fingerprint density at radius 1 is 0.708 bits per heavy atom. The van der Waals surface area contributed by atoms with Crippen LogP contribution in [0.3, 0.4) is 0 Å². The van der Waals surface area contributed by atoms with E-state index >= 15 is 0 Å². The molecule has 0 bridgehead atoms. The normalized spacial score (nSPS) is 10.0. The van der Waals surface area contributed by atoms with Crippen LogP contribution in [0.15, 0.2) is 55.9 Å². The summed E-state index contributed by atoms with van der Waals surface area (Å²) in [4.78, 5) is 34.6. The molecule has 0 amide bonds. The van der Waals surface area contributed by atoms with Crippen LogP contribution in [0.2, 0.25) is 0 Å². The lowest BCUT2D eigenvalue weighted by molar-refractivity contribution is 0.112. The predicted molar refractivity (Wildman–Crippen MR) is 90.1 cm³/mol. The second kappa shape index (κ2) is 7.10. The molecule has 0 atom stereocenters. The van der Waals surface area contributed by atoms with Crippen LogP contribution >= 0.6 is 0 Å². The summed E-state index contributed by atoms with van der Waals surface area (Å²) < 4.78 is 0. The van der Waals surface area contributed by atoms with Crippen molar-refractivity contribution in [1.82, 2.24) is 29.9 Å². The van der Waals surface area contributed by atoms with Crippen molar-refractivity contribution in [1.29, 1.82) is 0 Å². The summed E-state index contributed by atoms with van der Waals surface area (Å²) in [5, 5.41) is 0. The second-order valence-corrected chi connectivity index (χ2v) is 4.66. The molecule has 4 heterocycles. The van der Waals surface area contributed by atoms with E-state index in [9.17, 15) is 4.79 Å². The van der Waals surface area contributed by atoms with E-state index in [0.717, 1.165) is 17.4 Å². The fourth-order valence-electron chi connectivity index (χ4n) is 1.92. The van der Waals surface area contributed by atoms with E-state index in [0.29, 0.717) is 22.4 Å². The van der Waals surface area contributed by atoms with Gasteiger partial charge in [-0.15, -0.1) is 0 Å². The molecule has 0 aliphatic heterocycles. The third kappa shape index (κ3) is 3.41. The molecular weight excluding hydrogens is 304 g/mol. The van der Waals surface area contributed by atoms with Gasteiger partial charge in [0.25, 0.3) is 0 Å². The molecule has 0 aromatic carbocycles.